The third kappa shape index (κ3) is 4.38. The summed E-state index contributed by atoms with van der Waals surface area (Å²) in [4.78, 5) is 22.5. The maximum Gasteiger partial charge on any atom is 0.241 e. The van der Waals surface area contributed by atoms with Gasteiger partial charge in [0.05, 0.1) is 29.7 Å². The lowest BCUT2D eigenvalue weighted by Crippen LogP contribution is -2.39. The highest BCUT2D eigenvalue weighted by Crippen LogP contribution is 2.36. The van der Waals surface area contributed by atoms with Crippen molar-refractivity contribution < 1.29 is 14.3 Å². The Kier molecular flexibility index (Phi) is 5.59. The highest BCUT2D eigenvalue weighted by molar-refractivity contribution is 9.10. The molecule has 0 saturated heterocycles. The lowest BCUT2D eigenvalue weighted by atomic mass is 10.2. The summed E-state index contributed by atoms with van der Waals surface area (Å²) >= 11 is 9.14. The van der Waals surface area contributed by atoms with E-state index in [2.05, 4.69) is 21.2 Å². The number of nitrogens with one attached hydrogen (secondary N) is 1. The molecule has 2 amide bonds. The first kappa shape index (κ1) is 15.7. The van der Waals surface area contributed by atoms with Crippen molar-refractivity contribution in [3.63, 3.8) is 0 Å². The summed E-state index contributed by atoms with van der Waals surface area (Å²) in [6, 6.07) is 2.11. The SMILES string of the molecule is COc1c(Br)cc(Cl)cc1NC(=O)C(N)CC(N)=O. The number of hydrogen-bond donors (Lipinski definition) is 3. The van der Waals surface area contributed by atoms with Crippen LogP contribution < -0.4 is 21.5 Å². The molecule has 0 aliphatic carbocycles. The lowest BCUT2D eigenvalue weighted by Gasteiger charge is -2.14. The summed E-state index contributed by atoms with van der Waals surface area (Å²) in [5.74, 6) is -0.794. The molecule has 1 atom stereocenters. The van der Waals surface area contributed by atoms with Crippen molar-refractivity contribution in [1.29, 1.82) is 0 Å². The second kappa shape index (κ2) is 6.74. The van der Waals surface area contributed by atoms with E-state index in [0.29, 0.717) is 20.9 Å². The van der Waals surface area contributed by atoms with E-state index in [1.165, 1.54) is 13.2 Å². The number of carbonyl (C=O) groups excluding carboxylic acids is 2. The van der Waals surface area contributed by atoms with Crippen molar-refractivity contribution in [2.24, 2.45) is 11.5 Å². The molecule has 1 rings (SSSR count). The molecule has 0 fully saturated rings. The molecule has 1 aromatic carbocycles. The zero-order chi connectivity index (χ0) is 14.6. The van der Waals surface area contributed by atoms with Gasteiger partial charge in [-0.15, -0.1) is 0 Å². The Bertz CT molecular complexity index is 510. The molecule has 0 saturated carbocycles. The number of methoxy groups -OCH3 is 1. The van der Waals surface area contributed by atoms with E-state index in [4.69, 9.17) is 27.8 Å². The number of benzene rings is 1. The number of carbonyl (C=O) groups is 2. The number of halogens is 2. The van der Waals surface area contributed by atoms with Gasteiger partial charge in [-0.25, -0.2) is 0 Å². The first-order chi connectivity index (χ1) is 8.85. The third-order valence-corrected chi connectivity index (χ3v) is 3.04. The minimum atomic E-state index is -1.03. The molecule has 0 heterocycles. The van der Waals surface area contributed by atoms with Gasteiger partial charge in [0.15, 0.2) is 5.75 Å². The molecule has 0 aliphatic rings. The number of ether oxygens (including phenoxy) is 1. The van der Waals surface area contributed by atoms with Gasteiger partial charge in [0.2, 0.25) is 11.8 Å². The first-order valence-electron chi connectivity index (χ1n) is 5.23. The molecule has 8 heteroatoms. The molecular weight excluding hydrogens is 337 g/mol. The molecule has 0 spiro atoms. The predicted molar refractivity (Wildman–Crippen MR) is 76.1 cm³/mol. The van der Waals surface area contributed by atoms with Crippen LogP contribution in [0.15, 0.2) is 16.6 Å². The lowest BCUT2D eigenvalue weighted by molar-refractivity contribution is -0.123. The molecule has 6 nitrogen and oxygen atoms in total. The number of amides is 2. The Morgan fingerprint density at radius 1 is 1.53 bits per heavy atom. The van der Waals surface area contributed by atoms with Crippen LogP contribution in [0.3, 0.4) is 0 Å². The van der Waals surface area contributed by atoms with Crippen LogP contribution in [0.1, 0.15) is 6.42 Å². The Labute approximate surface area is 123 Å². The Hall–Kier alpha value is -1.31. The summed E-state index contributed by atoms with van der Waals surface area (Å²) in [6.45, 7) is 0. The van der Waals surface area contributed by atoms with Crippen LogP contribution in [0.2, 0.25) is 5.02 Å². The molecule has 1 unspecified atom stereocenters. The zero-order valence-corrected chi connectivity index (χ0v) is 12.4. The summed E-state index contributed by atoms with van der Waals surface area (Å²) < 4.78 is 5.72. The van der Waals surface area contributed by atoms with Gasteiger partial charge in [-0.3, -0.25) is 9.59 Å². The Balaban J connectivity index is 2.93. The van der Waals surface area contributed by atoms with Gasteiger partial charge in [-0.2, -0.15) is 0 Å². The van der Waals surface area contributed by atoms with Gasteiger partial charge in [0.25, 0.3) is 0 Å². The molecule has 0 aromatic heterocycles. The fourth-order valence-electron chi connectivity index (χ4n) is 1.40. The number of hydrogen-bond acceptors (Lipinski definition) is 4. The molecule has 0 radical (unpaired) electrons. The van der Waals surface area contributed by atoms with E-state index in [-0.39, 0.29) is 6.42 Å². The number of rotatable bonds is 5. The molecular formula is C11H13BrClN3O3. The summed E-state index contributed by atoms with van der Waals surface area (Å²) in [7, 11) is 1.45. The van der Waals surface area contributed by atoms with Crippen molar-refractivity contribution in [3.8, 4) is 5.75 Å². The van der Waals surface area contributed by atoms with Gasteiger partial charge in [0, 0.05) is 5.02 Å². The van der Waals surface area contributed by atoms with E-state index in [1.54, 1.807) is 6.07 Å². The molecule has 104 valence electrons. The minimum absolute atomic E-state index is 0.240. The molecule has 0 bridgehead atoms. The van der Waals surface area contributed by atoms with Crippen molar-refractivity contribution in [2.45, 2.75) is 12.5 Å². The van der Waals surface area contributed by atoms with E-state index in [1.807, 2.05) is 0 Å². The maximum atomic E-state index is 11.8. The number of nitrogens with two attached hydrogens (primary N) is 2. The third-order valence-electron chi connectivity index (χ3n) is 2.23. The van der Waals surface area contributed by atoms with Crippen molar-refractivity contribution >= 4 is 45.0 Å². The average molecular weight is 351 g/mol. The van der Waals surface area contributed by atoms with Crippen LogP contribution in [-0.2, 0) is 9.59 Å². The summed E-state index contributed by atoms with van der Waals surface area (Å²) in [5, 5.41) is 2.95. The molecule has 1 aromatic rings. The smallest absolute Gasteiger partial charge is 0.241 e. The van der Waals surface area contributed by atoms with Crippen LogP contribution in [0.4, 0.5) is 5.69 Å². The quantitative estimate of drug-likeness (QED) is 0.743. The van der Waals surface area contributed by atoms with Gasteiger partial charge < -0.3 is 21.5 Å². The highest BCUT2D eigenvalue weighted by Gasteiger charge is 2.19. The van der Waals surface area contributed by atoms with Gasteiger partial charge >= 0.3 is 0 Å². The second-order valence-corrected chi connectivity index (χ2v) is 5.03. The molecule has 5 N–H and O–H groups in total. The number of anilines is 1. The topological polar surface area (TPSA) is 107 Å². The van der Waals surface area contributed by atoms with Crippen LogP contribution in [0.5, 0.6) is 5.75 Å². The normalized spacial score (nSPS) is 11.8. The second-order valence-electron chi connectivity index (χ2n) is 3.73. The van der Waals surface area contributed by atoms with Crippen molar-refractivity contribution in [2.75, 3.05) is 12.4 Å². The van der Waals surface area contributed by atoms with Crippen molar-refractivity contribution in [3.05, 3.63) is 21.6 Å². The molecule has 19 heavy (non-hydrogen) atoms. The maximum absolute atomic E-state index is 11.8. The summed E-state index contributed by atoms with van der Waals surface area (Å²) in [6.07, 6.45) is -0.240. The largest absolute Gasteiger partial charge is 0.493 e. The Morgan fingerprint density at radius 2 is 2.16 bits per heavy atom. The first-order valence-corrected chi connectivity index (χ1v) is 6.40. The van der Waals surface area contributed by atoms with Crippen molar-refractivity contribution in [1.82, 2.24) is 0 Å². The average Bonchev–Trinajstić information content (AvgIpc) is 2.27. The van der Waals surface area contributed by atoms with Gasteiger partial charge in [-0.05, 0) is 28.1 Å². The Morgan fingerprint density at radius 3 is 2.68 bits per heavy atom. The summed E-state index contributed by atoms with van der Waals surface area (Å²) in [5.41, 5.74) is 10.9. The van der Waals surface area contributed by atoms with Crippen LogP contribution in [0.25, 0.3) is 0 Å². The van der Waals surface area contributed by atoms with Gasteiger partial charge in [-0.1, -0.05) is 11.6 Å². The van der Waals surface area contributed by atoms with Crippen LogP contribution >= 0.6 is 27.5 Å². The van der Waals surface area contributed by atoms with E-state index >= 15 is 0 Å². The highest BCUT2D eigenvalue weighted by atomic mass is 79.9. The monoisotopic (exact) mass is 349 g/mol. The van der Waals surface area contributed by atoms with E-state index in [9.17, 15) is 9.59 Å². The fraction of sp³-hybridized carbons (Fsp3) is 0.273. The van der Waals surface area contributed by atoms with Crippen LogP contribution in [0, 0.1) is 0 Å². The predicted octanol–water partition coefficient (Wildman–Crippen LogP) is 1.25. The fourth-order valence-corrected chi connectivity index (χ4v) is 2.37. The van der Waals surface area contributed by atoms with Gasteiger partial charge in [0.1, 0.15) is 0 Å². The van der Waals surface area contributed by atoms with E-state index < -0.39 is 17.9 Å². The number of primary amides is 1. The molecule has 0 aliphatic heterocycles. The standard InChI is InChI=1S/C11H13BrClN3O3/c1-19-10-6(12)2-5(13)3-8(10)16-11(18)7(14)4-9(15)17/h2-3,7H,4,14H2,1H3,(H2,15,17)(H,16,18). The minimum Gasteiger partial charge on any atom is -0.493 e. The zero-order valence-electron chi connectivity index (χ0n) is 10.1. The van der Waals surface area contributed by atoms with Crippen LogP contribution in [-0.4, -0.2) is 25.0 Å². The van der Waals surface area contributed by atoms with E-state index in [0.717, 1.165) is 0 Å².